The molecule has 9 aromatic rings. The summed E-state index contributed by atoms with van der Waals surface area (Å²) in [6.45, 7) is 11.5. The van der Waals surface area contributed by atoms with Crippen LogP contribution in [-0.4, -0.2) is 11.7 Å². The minimum absolute atomic E-state index is 0.0787. The summed E-state index contributed by atoms with van der Waals surface area (Å²) >= 11 is 0. The minimum atomic E-state index is -0.431. The summed E-state index contributed by atoms with van der Waals surface area (Å²) in [4.78, 5) is 0. The maximum atomic E-state index is 10.2. The van der Waals surface area contributed by atoms with Gasteiger partial charge in [-0.1, -0.05) is 148 Å². The zero-order chi connectivity index (χ0) is 36.1. The van der Waals surface area contributed by atoms with E-state index in [1.54, 1.807) is 0 Å². The average molecular weight is 683 g/mol. The molecule has 256 valence electrons. The quantitative estimate of drug-likeness (QED) is 0.137. The van der Waals surface area contributed by atoms with Gasteiger partial charge in [-0.15, -0.1) is 6.58 Å². The number of allylic oxidation sites excluding steroid dienone is 1. The maximum Gasteiger partial charge on any atom is 0.0431 e. The van der Waals surface area contributed by atoms with E-state index in [4.69, 9.17) is 0 Å². The van der Waals surface area contributed by atoms with Crippen LogP contribution in [0, 0.1) is 0 Å². The fourth-order valence-corrected chi connectivity index (χ4v) is 9.52. The Morgan fingerprint density at radius 2 is 1.11 bits per heavy atom. The Bertz CT molecular complexity index is 2920. The highest BCUT2D eigenvalue weighted by Gasteiger charge is 2.41. The van der Waals surface area contributed by atoms with Crippen LogP contribution in [0.15, 0.2) is 152 Å². The highest BCUT2D eigenvalue weighted by molar-refractivity contribution is 6.25. The van der Waals surface area contributed by atoms with Crippen molar-refractivity contribution in [2.45, 2.75) is 44.4 Å². The van der Waals surface area contributed by atoms with Crippen molar-refractivity contribution in [2.24, 2.45) is 0 Å². The number of fused-ring (bicyclic) bond motifs is 6. The van der Waals surface area contributed by atoms with Gasteiger partial charge < -0.3 is 5.11 Å². The molecule has 0 bridgehead atoms. The molecule has 0 saturated heterocycles. The molecule has 0 aliphatic heterocycles. The van der Waals surface area contributed by atoms with Crippen LogP contribution in [0.4, 0.5) is 0 Å². The first kappa shape index (κ1) is 31.9. The molecule has 1 nitrogen and oxygen atoms in total. The van der Waals surface area contributed by atoms with Gasteiger partial charge in [0.1, 0.15) is 0 Å². The monoisotopic (exact) mass is 682 g/mol. The SMILES string of the molecule is C=CC1(CCCO)c2cc(-c3cc4ccccc4c4ccccc34)ccc2-c2ccc(-c3ccc4ccc5cc(C(C)(C)C)cc6ccc3c4c56)cc21. The third-order valence-corrected chi connectivity index (χ3v) is 12.2. The predicted molar refractivity (Wildman–Crippen MR) is 227 cm³/mol. The first-order valence-electron chi connectivity index (χ1n) is 19.0. The van der Waals surface area contributed by atoms with Crippen molar-refractivity contribution in [2.75, 3.05) is 6.61 Å². The van der Waals surface area contributed by atoms with Crippen LogP contribution in [-0.2, 0) is 10.8 Å². The van der Waals surface area contributed by atoms with Crippen LogP contribution in [0.5, 0.6) is 0 Å². The van der Waals surface area contributed by atoms with Gasteiger partial charge >= 0.3 is 0 Å². The molecule has 1 aliphatic rings. The summed E-state index contributed by atoms with van der Waals surface area (Å²) in [5, 5.41) is 23.1. The van der Waals surface area contributed by atoms with E-state index in [9.17, 15) is 5.11 Å². The largest absolute Gasteiger partial charge is 0.396 e. The van der Waals surface area contributed by atoms with E-state index >= 15 is 0 Å². The molecule has 0 saturated carbocycles. The number of aliphatic hydroxyl groups is 1. The van der Waals surface area contributed by atoms with Gasteiger partial charge in [0, 0.05) is 12.0 Å². The second-order valence-electron chi connectivity index (χ2n) is 16.2. The third-order valence-electron chi connectivity index (χ3n) is 12.2. The van der Waals surface area contributed by atoms with Crippen molar-refractivity contribution in [3.8, 4) is 33.4 Å². The van der Waals surface area contributed by atoms with Gasteiger partial charge in [-0.05, 0) is 140 Å². The topological polar surface area (TPSA) is 20.2 Å². The second kappa shape index (κ2) is 11.6. The normalized spacial score (nSPS) is 15.5. The molecule has 1 heteroatoms. The van der Waals surface area contributed by atoms with E-state index < -0.39 is 5.41 Å². The zero-order valence-electron chi connectivity index (χ0n) is 30.6. The summed E-state index contributed by atoms with van der Waals surface area (Å²) in [7, 11) is 0. The fraction of sp³-hybridized carbons (Fsp3) is 0.154. The summed E-state index contributed by atoms with van der Waals surface area (Å²) in [5.41, 5.74) is 11.0. The van der Waals surface area contributed by atoms with Gasteiger partial charge in [-0.2, -0.15) is 0 Å². The van der Waals surface area contributed by atoms with E-state index in [2.05, 4.69) is 173 Å². The van der Waals surface area contributed by atoms with Crippen molar-refractivity contribution < 1.29 is 5.11 Å². The van der Waals surface area contributed by atoms with Crippen molar-refractivity contribution in [1.82, 2.24) is 0 Å². The molecule has 1 aliphatic carbocycles. The van der Waals surface area contributed by atoms with Crippen LogP contribution in [0.25, 0.3) is 87.2 Å². The van der Waals surface area contributed by atoms with Crippen LogP contribution in [0.1, 0.15) is 50.3 Å². The smallest absolute Gasteiger partial charge is 0.0431 e. The molecule has 9 aromatic carbocycles. The molecule has 0 amide bonds. The van der Waals surface area contributed by atoms with Crippen LogP contribution >= 0.6 is 0 Å². The maximum absolute atomic E-state index is 10.2. The first-order valence-corrected chi connectivity index (χ1v) is 19.0. The lowest BCUT2D eigenvalue weighted by molar-refractivity contribution is 0.276. The second-order valence-corrected chi connectivity index (χ2v) is 16.2. The molecule has 53 heavy (non-hydrogen) atoms. The number of hydrogen-bond donors (Lipinski definition) is 1. The minimum Gasteiger partial charge on any atom is -0.396 e. The van der Waals surface area contributed by atoms with Gasteiger partial charge in [0.05, 0.1) is 0 Å². The van der Waals surface area contributed by atoms with Crippen LogP contribution in [0.2, 0.25) is 0 Å². The number of benzene rings is 9. The van der Waals surface area contributed by atoms with Crippen LogP contribution in [0.3, 0.4) is 0 Å². The van der Waals surface area contributed by atoms with E-state index in [-0.39, 0.29) is 12.0 Å². The first-order chi connectivity index (χ1) is 25.8. The summed E-state index contributed by atoms with van der Waals surface area (Å²) in [6.07, 6.45) is 3.62. The van der Waals surface area contributed by atoms with E-state index in [1.807, 2.05) is 0 Å². The molecule has 0 aromatic heterocycles. The number of rotatable bonds is 6. The van der Waals surface area contributed by atoms with Gasteiger partial charge in [0.2, 0.25) is 0 Å². The molecule has 1 N–H and O–H groups in total. The number of aliphatic hydroxyl groups excluding tert-OH is 1. The van der Waals surface area contributed by atoms with Crippen molar-refractivity contribution in [1.29, 1.82) is 0 Å². The molecular formula is C52H42O. The van der Waals surface area contributed by atoms with Gasteiger partial charge in [0.25, 0.3) is 0 Å². The Balaban J connectivity index is 1.16. The standard InChI is InChI=1S/C52H42O/c1-5-52(25-10-26-53)47-30-34(40-21-17-32-15-16-36-27-38(51(2,3)4)28-37-20-24-45(40)50(32)49(36)37)18-22-43(47)44-23-19-35(31-48(44)52)46-29-33-11-6-7-12-39(33)41-13-8-9-14-42(41)46/h5-9,11-24,27-31,53H,1,10,25-26H2,2-4H3. The third kappa shape index (κ3) is 4.67. The molecule has 1 atom stereocenters. The molecule has 0 fully saturated rings. The van der Waals surface area contributed by atoms with E-state index in [1.165, 1.54) is 104 Å². The molecule has 0 spiro atoms. The van der Waals surface area contributed by atoms with Gasteiger partial charge in [-0.3, -0.25) is 0 Å². The highest BCUT2D eigenvalue weighted by atomic mass is 16.2. The Kier molecular flexibility index (Phi) is 7.00. The van der Waals surface area contributed by atoms with Gasteiger partial charge in [-0.25, -0.2) is 0 Å². The van der Waals surface area contributed by atoms with Crippen molar-refractivity contribution in [3.05, 3.63) is 169 Å². The molecule has 0 heterocycles. The van der Waals surface area contributed by atoms with Crippen LogP contribution < -0.4 is 0 Å². The average Bonchev–Trinajstić information content (AvgIpc) is 3.46. The zero-order valence-corrected chi connectivity index (χ0v) is 30.6. The summed E-state index contributed by atoms with van der Waals surface area (Å²) < 4.78 is 0. The summed E-state index contributed by atoms with van der Waals surface area (Å²) in [5.74, 6) is 0. The molecule has 1 unspecified atom stereocenters. The Labute approximate surface area is 311 Å². The Morgan fingerprint density at radius 1 is 0.528 bits per heavy atom. The lowest BCUT2D eigenvalue weighted by Gasteiger charge is -2.29. The van der Waals surface area contributed by atoms with E-state index in [0.29, 0.717) is 6.42 Å². The lowest BCUT2D eigenvalue weighted by Crippen LogP contribution is -2.23. The fourth-order valence-electron chi connectivity index (χ4n) is 9.52. The van der Waals surface area contributed by atoms with Gasteiger partial charge in [0.15, 0.2) is 0 Å². The number of hydrogen-bond acceptors (Lipinski definition) is 1. The van der Waals surface area contributed by atoms with Crippen molar-refractivity contribution >= 4 is 53.9 Å². The van der Waals surface area contributed by atoms with Crippen molar-refractivity contribution in [3.63, 3.8) is 0 Å². The Hall–Kier alpha value is -5.76. The Morgan fingerprint density at radius 3 is 1.79 bits per heavy atom. The molecule has 0 radical (unpaired) electrons. The lowest BCUT2D eigenvalue weighted by atomic mass is 9.73. The molecule has 10 rings (SSSR count). The molecular weight excluding hydrogens is 641 g/mol. The highest BCUT2D eigenvalue weighted by Crippen LogP contribution is 2.54. The summed E-state index contributed by atoms with van der Waals surface area (Å²) in [6, 6.07) is 52.5. The predicted octanol–water partition coefficient (Wildman–Crippen LogP) is 13.7. The van der Waals surface area contributed by atoms with E-state index in [0.717, 1.165) is 6.42 Å².